The van der Waals surface area contributed by atoms with Gasteiger partial charge in [0.25, 0.3) is 0 Å². The molecule has 7 aromatic rings. The molecule has 0 amide bonds. The Hall–Kier alpha value is -4.88. The van der Waals surface area contributed by atoms with Crippen molar-refractivity contribution in [3.63, 3.8) is 0 Å². The second-order valence-electron chi connectivity index (χ2n) is 10.7. The smallest absolute Gasteiger partial charge is 0.0489 e. The van der Waals surface area contributed by atoms with E-state index in [9.17, 15) is 0 Å². The van der Waals surface area contributed by atoms with Gasteiger partial charge in [0.1, 0.15) is 0 Å². The average Bonchev–Trinajstić information content (AvgIpc) is 3.29. The first kappa shape index (κ1) is 24.2. The van der Waals surface area contributed by atoms with E-state index in [0.29, 0.717) is 0 Å². The first-order valence-corrected chi connectivity index (χ1v) is 14.0. The zero-order chi connectivity index (χ0) is 26.9. The molecule has 0 bridgehead atoms. The number of benzene rings is 6. The molecule has 0 aliphatic heterocycles. The van der Waals surface area contributed by atoms with Crippen molar-refractivity contribution in [2.24, 2.45) is 7.05 Å². The minimum Gasteiger partial charge on any atom is -0.344 e. The number of nitrogens with zero attached hydrogens (tertiary/aromatic N) is 1. The molecule has 0 fully saturated rings. The minimum atomic E-state index is 0.958. The predicted octanol–water partition coefficient (Wildman–Crippen LogP) is 9.85. The number of fused-ring (bicyclic) bond motifs is 3. The molecule has 0 atom stereocenters. The summed E-state index contributed by atoms with van der Waals surface area (Å²) in [4.78, 5) is 0. The van der Waals surface area contributed by atoms with E-state index < -0.39 is 0 Å². The Kier molecular flexibility index (Phi) is 6.26. The zero-order valence-electron chi connectivity index (χ0n) is 22.7. The number of rotatable bonds is 6. The van der Waals surface area contributed by atoms with Gasteiger partial charge in [-0.2, -0.15) is 0 Å². The molecular formula is C39H31N. The van der Waals surface area contributed by atoms with Crippen molar-refractivity contribution in [1.29, 1.82) is 0 Å². The molecule has 0 unspecified atom stereocenters. The van der Waals surface area contributed by atoms with Gasteiger partial charge in [0.15, 0.2) is 0 Å². The van der Waals surface area contributed by atoms with Gasteiger partial charge < -0.3 is 4.57 Å². The fraction of sp³-hybridized carbons (Fsp3) is 0.0769. The summed E-state index contributed by atoms with van der Waals surface area (Å²) in [5, 5.41) is 2.59. The number of hydrogen-bond acceptors (Lipinski definition) is 0. The Morgan fingerprint density at radius 1 is 0.375 bits per heavy atom. The molecule has 7 rings (SSSR count). The van der Waals surface area contributed by atoms with E-state index in [-0.39, 0.29) is 0 Å². The molecule has 6 aromatic carbocycles. The normalized spacial score (nSPS) is 11.3. The van der Waals surface area contributed by atoms with Gasteiger partial charge in [0, 0.05) is 28.9 Å². The topological polar surface area (TPSA) is 4.93 Å². The summed E-state index contributed by atoms with van der Waals surface area (Å²) in [6.45, 7) is 0. The lowest BCUT2D eigenvalue weighted by Crippen LogP contribution is -1.88. The van der Waals surface area contributed by atoms with Crippen LogP contribution < -0.4 is 0 Å². The van der Waals surface area contributed by atoms with Crippen LogP contribution in [0, 0.1) is 0 Å². The van der Waals surface area contributed by atoms with E-state index in [2.05, 4.69) is 157 Å². The van der Waals surface area contributed by atoms with Crippen LogP contribution in [0.15, 0.2) is 146 Å². The van der Waals surface area contributed by atoms with E-state index in [1.165, 1.54) is 66.3 Å². The Bertz CT molecular complexity index is 1770. The van der Waals surface area contributed by atoms with Crippen LogP contribution in [0.1, 0.15) is 22.3 Å². The summed E-state index contributed by atoms with van der Waals surface area (Å²) in [6.07, 6.45) is 1.92. The molecule has 0 N–H and O–H groups in total. The highest BCUT2D eigenvalue weighted by molar-refractivity contribution is 6.10. The monoisotopic (exact) mass is 513 g/mol. The molecule has 1 aromatic heterocycles. The van der Waals surface area contributed by atoms with E-state index in [4.69, 9.17) is 0 Å². The van der Waals surface area contributed by atoms with Crippen LogP contribution in [0.3, 0.4) is 0 Å². The maximum atomic E-state index is 2.36. The van der Waals surface area contributed by atoms with Gasteiger partial charge in [0.05, 0.1) is 0 Å². The minimum absolute atomic E-state index is 0.958. The van der Waals surface area contributed by atoms with Gasteiger partial charge >= 0.3 is 0 Å². The van der Waals surface area contributed by atoms with Crippen LogP contribution in [-0.4, -0.2) is 4.57 Å². The Balaban J connectivity index is 1.20. The standard InChI is InChI=1S/C39H31N/c1-40-38-22-20-34(32-16-12-30(13-17-32)24-28-8-4-2-5-9-28)26-36(38)37-27-35(21-23-39(37)40)33-18-14-31(15-19-33)25-29-10-6-3-7-11-29/h2-23,26-27H,24-25H2,1H3. The first-order valence-electron chi connectivity index (χ1n) is 14.0. The van der Waals surface area contributed by atoms with Gasteiger partial charge in [-0.25, -0.2) is 0 Å². The van der Waals surface area contributed by atoms with Crippen molar-refractivity contribution in [2.45, 2.75) is 12.8 Å². The van der Waals surface area contributed by atoms with Crippen molar-refractivity contribution >= 4 is 21.8 Å². The van der Waals surface area contributed by atoms with Crippen molar-refractivity contribution < 1.29 is 0 Å². The molecule has 40 heavy (non-hydrogen) atoms. The molecule has 192 valence electrons. The maximum absolute atomic E-state index is 2.36. The van der Waals surface area contributed by atoms with Gasteiger partial charge in [-0.1, -0.05) is 121 Å². The van der Waals surface area contributed by atoms with E-state index in [1.807, 2.05) is 0 Å². The first-order chi connectivity index (χ1) is 19.7. The third-order valence-electron chi connectivity index (χ3n) is 8.08. The lowest BCUT2D eigenvalue weighted by Gasteiger charge is -2.07. The molecule has 1 heteroatoms. The van der Waals surface area contributed by atoms with Crippen LogP contribution in [0.2, 0.25) is 0 Å². The largest absolute Gasteiger partial charge is 0.344 e. The van der Waals surface area contributed by atoms with Crippen molar-refractivity contribution in [3.8, 4) is 22.3 Å². The third-order valence-corrected chi connectivity index (χ3v) is 8.08. The summed E-state index contributed by atoms with van der Waals surface area (Å²) in [5.74, 6) is 0. The lowest BCUT2D eigenvalue weighted by molar-refractivity contribution is 1.01. The SMILES string of the molecule is Cn1c2ccc(-c3ccc(Cc4ccccc4)cc3)cc2c2cc(-c3ccc(Cc4ccccc4)cc3)ccc21. The number of aryl methyl sites for hydroxylation is 1. The highest BCUT2D eigenvalue weighted by atomic mass is 14.9. The van der Waals surface area contributed by atoms with Gasteiger partial charge in [-0.3, -0.25) is 0 Å². The second-order valence-corrected chi connectivity index (χ2v) is 10.7. The summed E-state index contributed by atoms with van der Waals surface area (Å²) < 4.78 is 2.31. The van der Waals surface area contributed by atoms with Crippen molar-refractivity contribution in [1.82, 2.24) is 4.57 Å². The highest BCUT2D eigenvalue weighted by Gasteiger charge is 2.11. The van der Waals surface area contributed by atoms with Crippen LogP contribution in [-0.2, 0) is 19.9 Å². The molecular weight excluding hydrogens is 482 g/mol. The molecule has 1 nitrogen and oxygen atoms in total. The van der Waals surface area contributed by atoms with Crippen LogP contribution >= 0.6 is 0 Å². The van der Waals surface area contributed by atoms with Crippen LogP contribution in [0.5, 0.6) is 0 Å². The average molecular weight is 514 g/mol. The molecule has 0 saturated carbocycles. The van der Waals surface area contributed by atoms with Gasteiger partial charge in [-0.05, 0) is 81.6 Å². The van der Waals surface area contributed by atoms with E-state index in [1.54, 1.807) is 0 Å². The fourth-order valence-corrected chi connectivity index (χ4v) is 5.87. The summed E-state index contributed by atoms with van der Waals surface area (Å²) in [7, 11) is 2.17. The predicted molar refractivity (Wildman–Crippen MR) is 170 cm³/mol. The number of aromatic nitrogens is 1. The molecule has 0 aliphatic carbocycles. The Labute approximate surface area is 236 Å². The van der Waals surface area contributed by atoms with Crippen LogP contribution in [0.4, 0.5) is 0 Å². The summed E-state index contributed by atoms with van der Waals surface area (Å²) in [5.41, 5.74) is 12.9. The second kappa shape index (κ2) is 10.4. The highest BCUT2D eigenvalue weighted by Crippen LogP contribution is 2.35. The number of hydrogen-bond donors (Lipinski definition) is 0. The zero-order valence-corrected chi connectivity index (χ0v) is 22.7. The molecule has 0 radical (unpaired) electrons. The molecule has 0 aliphatic rings. The lowest BCUT2D eigenvalue weighted by atomic mass is 9.97. The molecule has 0 spiro atoms. The third kappa shape index (κ3) is 4.72. The molecule has 0 saturated heterocycles. The van der Waals surface area contributed by atoms with Crippen LogP contribution in [0.25, 0.3) is 44.1 Å². The van der Waals surface area contributed by atoms with E-state index in [0.717, 1.165) is 12.8 Å². The summed E-state index contributed by atoms with van der Waals surface area (Å²) in [6, 6.07) is 53.1. The van der Waals surface area contributed by atoms with Gasteiger partial charge in [-0.15, -0.1) is 0 Å². The Morgan fingerprint density at radius 3 is 1.12 bits per heavy atom. The quantitative estimate of drug-likeness (QED) is 0.208. The van der Waals surface area contributed by atoms with Gasteiger partial charge in [0.2, 0.25) is 0 Å². The van der Waals surface area contributed by atoms with E-state index >= 15 is 0 Å². The molecule has 1 heterocycles. The Morgan fingerprint density at radius 2 is 0.725 bits per heavy atom. The summed E-state index contributed by atoms with van der Waals surface area (Å²) >= 11 is 0. The fourth-order valence-electron chi connectivity index (χ4n) is 5.87. The maximum Gasteiger partial charge on any atom is 0.0489 e. The van der Waals surface area contributed by atoms with Crippen molar-refractivity contribution in [2.75, 3.05) is 0 Å². The van der Waals surface area contributed by atoms with Crippen molar-refractivity contribution in [3.05, 3.63) is 168 Å².